The maximum atomic E-state index is 8.95. The van der Waals surface area contributed by atoms with Gasteiger partial charge in [-0.25, -0.2) is 4.98 Å². The maximum Gasteiger partial charge on any atom is 0.232 e. The van der Waals surface area contributed by atoms with Crippen molar-refractivity contribution in [1.29, 1.82) is 5.26 Å². The fourth-order valence-corrected chi connectivity index (χ4v) is 1.85. The molecule has 2 heterocycles. The lowest BCUT2D eigenvalue weighted by atomic mass is 9.94. The summed E-state index contributed by atoms with van der Waals surface area (Å²) < 4.78 is 5.89. The zero-order chi connectivity index (χ0) is 11.4. The lowest BCUT2D eigenvalue weighted by Crippen LogP contribution is -2.44. The van der Waals surface area contributed by atoms with E-state index in [-0.39, 0.29) is 5.60 Å². The molecule has 1 aromatic rings. The van der Waals surface area contributed by atoms with Crippen molar-refractivity contribution >= 4 is 0 Å². The fourth-order valence-electron chi connectivity index (χ4n) is 1.85. The number of rotatable bonds is 2. The molecule has 1 aliphatic heterocycles. The van der Waals surface area contributed by atoms with Crippen molar-refractivity contribution in [3.63, 3.8) is 0 Å². The molecule has 0 spiro atoms. The fraction of sp³-hybridized carbons (Fsp3) is 0.500. The van der Waals surface area contributed by atoms with Crippen LogP contribution in [-0.4, -0.2) is 23.7 Å². The van der Waals surface area contributed by atoms with E-state index in [0.29, 0.717) is 11.4 Å². The van der Waals surface area contributed by atoms with Gasteiger partial charge in [0.05, 0.1) is 0 Å². The van der Waals surface area contributed by atoms with Crippen LogP contribution in [0.3, 0.4) is 0 Å². The van der Waals surface area contributed by atoms with E-state index in [4.69, 9.17) is 10.00 Å². The second-order valence-electron chi connectivity index (χ2n) is 4.27. The number of hydrogen-bond acceptors (Lipinski definition) is 4. The molecule has 0 atom stereocenters. The number of pyridine rings is 1. The molecule has 1 saturated heterocycles. The molecule has 4 nitrogen and oxygen atoms in total. The van der Waals surface area contributed by atoms with E-state index >= 15 is 0 Å². The molecular formula is C12H15N3O. The molecule has 0 radical (unpaired) electrons. The monoisotopic (exact) mass is 217 g/mol. The lowest BCUT2D eigenvalue weighted by molar-refractivity contribution is 0.0505. The van der Waals surface area contributed by atoms with Crippen LogP contribution in [0.4, 0.5) is 0 Å². The first-order valence-corrected chi connectivity index (χ1v) is 5.48. The quantitative estimate of drug-likeness (QED) is 0.815. The highest BCUT2D eigenvalue weighted by Gasteiger charge is 2.29. The van der Waals surface area contributed by atoms with E-state index in [1.54, 1.807) is 18.3 Å². The molecule has 0 amide bonds. The van der Waals surface area contributed by atoms with Gasteiger partial charge < -0.3 is 10.1 Å². The Kier molecular flexibility index (Phi) is 3.07. The van der Waals surface area contributed by atoms with Crippen LogP contribution in [0.15, 0.2) is 18.3 Å². The van der Waals surface area contributed by atoms with Gasteiger partial charge in [0.2, 0.25) is 5.88 Å². The number of nitriles is 1. The SMILES string of the molecule is CC1(Oc2ncccc2C#N)CCNCC1. The smallest absolute Gasteiger partial charge is 0.232 e. The Hall–Kier alpha value is -1.60. The summed E-state index contributed by atoms with van der Waals surface area (Å²) in [5.74, 6) is 0.453. The minimum atomic E-state index is -0.203. The van der Waals surface area contributed by atoms with Crippen molar-refractivity contribution in [3.05, 3.63) is 23.9 Å². The van der Waals surface area contributed by atoms with Crippen LogP contribution in [0.1, 0.15) is 25.3 Å². The highest BCUT2D eigenvalue weighted by molar-refractivity contribution is 5.37. The van der Waals surface area contributed by atoms with Gasteiger partial charge in [0.25, 0.3) is 0 Å². The first kappa shape index (κ1) is 10.9. The molecule has 0 bridgehead atoms. The zero-order valence-corrected chi connectivity index (χ0v) is 9.36. The van der Waals surface area contributed by atoms with E-state index in [1.165, 1.54) is 0 Å². The number of ether oxygens (including phenoxy) is 1. The molecule has 84 valence electrons. The van der Waals surface area contributed by atoms with Gasteiger partial charge in [-0.2, -0.15) is 5.26 Å². The average Bonchev–Trinajstić information content (AvgIpc) is 2.30. The summed E-state index contributed by atoms with van der Waals surface area (Å²) in [5.41, 5.74) is 0.299. The van der Waals surface area contributed by atoms with Crippen molar-refractivity contribution in [2.24, 2.45) is 0 Å². The van der Waals surface area contributed by atoms with Crippen LogP contribution in [0.2, 0.25) is 0 Å². The topological polar surface area (TPSA) is 57.9 Å². The van der Waals surface area contributed by atoms with Gasteiger partial charge >= 0.3 is 0 Å². The largest absolute Gasteiger partial charge is 0.470 e. The Bertz CT molecular complexity index is 405. The summed E-state index contributed by atoms with van der Waals surface area (Å²) in [6.45, 7) is 3.97. The van der Waals surface area contributed by atoms with Gasteiger partial charge in [0, 0.05) is 6.20 Å². The van der Waals surface area contributed by atoms with Gasteiger partial charge in [-0.05, 0) is 45.0 Å². The molecule has 1 aromatic heterocycles. The van der Waals surface area contributed by atoms with E-state index in [2.05, 4.69) is 23.3 Å². The Labute approximate surface area is 95.3 Å². The van der Waals surface area contributed by atoms with E-state index < -0.39 is 0 Å². The Morgan fingerprint density at radius 1 is 1.50 bits per heavy atom. The summed E-state index contributed by atoms with van der Waals surface area (Å²) in [6, 6.07) is 5.57. The normalized spacial score (nSPS) is 18.8. The number of hydrogen-bond donors (Lipinski definition) is 1. The van der Waals surface area contributed by atoms with Crippen LogP contribution in [0.5, 0.6) is 5.88 Å². The van der Waals surface area contributed by atoms with Gasteiger partial charge in [0.1, 0.15) is 17.2 Å². The third-order valence-electron chi connectivity index (χ3n) is 2.90. The van der Waals surface area contributed by atoms with E-state index in [1.807, 2.05) is 0 Å². The van der Waals surface area contributed by atoms with Crippen LogP contribution in [0.25, 0.3) is 0 Å². The standard InChI is InChI=1S/C12H15N3O/c1-12(4-7-14-8-5-12)16-11-10(9-13)3-2-6-15-11/h2-3,6,14H,4-5,7-8H2,1H3. The molecule has 0 unspecified atom stereocenters. The molecule has 0 aliphatic carbocycles. The van der Waals surface area contributed by atoms with Crippen molar-refractivity contribution in [2.45, 2.75) is 25.4 Å². The molecule has 0 aromatic carbocycles. The summed E-state index contributed by atoms with van der Waals surface area (Å²) in [7, 11) is 0. The Morgan fingerprint density at radius 2 is 2.25 bits per heavy atom. The van der Waals surface area contributed by atoms with Crippen molar-refractivity contribution in [1.82, 2.24) is 10.3 Å². The highest BCUT2D eigenvalue weighted by Crippen LogP contribution is 2.26. The average molecular weight is 217 g/mol. The third kappa shape index (κ3) is 2.31. The first-order valence-electron chi connectivity index (χ1n) is 5.48. The number of aromatic nitrogens is 1. The lowest BCUT2D eigenvalue weighted by Gasteiger charge is -2.34. The summed E-state index contributed by atoms with van der Waals surface area (Å²) in [4.78, 5) is 4.12. The molecular weight excluding hydrogens is 202 g/mol. The van der Waals surface area contributed by atoms with Gasteiger partial charge in [0.15, 0.2) is 0 Å². The molecule has 1 fully saturated rings. The maximum absolute atomic E-state index is 8.95. The summed E-state index contributed by atoms with van der Waals surface area (Å²) >= 11 is 0. The third-order valence-corrected chi connectivity index (χ3v) is 2.90. The minimum absolute atomic E-state index is 0.203. The Balaban J connectivity index is 2.16. The second kappa shape index (κ2) is 4.50. The molecule has 16 heavy (non-hydrogen) atoms. The first-order chi connectivity index (χ1) is 7.73. The zero-order valence-electron chi connectivity index (χ0n) is 9.36. The van der Waals surface area contributed by atoms with Gasteiger partial charge in [-0.1, -0.05) is 0 Å². The van der Waals surface area contributed by atoms with Crippen LogP contribution in [-0.2, 0) is 0 Å². The predicted molar refractivity (Wildman–Crippen MR) is 60.1 cm³/mol. The second-order valence-corrected chi connectivity index (χ2v) is 4.27. The van der Waals surface area contributed by atoms with Gasteiger partial charge in [-0.15, -0.1) is 0 Å². The number of piperidine rings is 1. The number of nitrogens with zero attached hydrogens (tertiary/aromatic N) is 2. The summed E-state index contributed by atoms with van der Waals surface area (Å²) in [5, 5.41) is 12.2. The van der Waals surface area contributed by atoms with Crippen LogP contribution < -0.4 is 10.1 Å². The van der Waals surface area contributed by atoms with Crippen LogP contribution in [0, 0.1) is 11.3 Å². The van der Waals surface area contributed by atoms with E-state index in [0.717, 1.165) is 25.9 Å². The summed E-state index contributed by atoms with van der Waals surface area (Å²) in [6.07, 6.45) is 3.53. The predicted octanol–water partition coefficient (Wildman–Crippen LogP) is 1.47. The molecule has 4 heteroatoms. The van der Waals surface area contributed by atoms with Crippen molar-refractivity contribution in [3.8, 4) is 11.9 Å². The van der Waals surface area contributed by atoms with E-state index in [9.17, 15) is 0 Å². The van der Waals surface area contributed by atoms with Crippen molar-refractivity contribution < 1.29 is 4.74 Å². The van der Waals surface area contributed by atoms with Crippen LogP contribution >= 0.6 is 0 Å². The Morgan fingerprint density at radius 3 is 2.94 bits per heavy atom. The molecule has 2 rings (SSSR count). The van der Waals surface area contributed by atoms with Gasteiger partial charge in [-0.3, -0.25) is 0 Å². The molecule has 0 saturated carbocycles. The minimum Gasteiger partial charge on any atom is -0.470 e. The molecule has 1 aliphatic rings. The number of nitrogens with one attached hydrogen (secondary N) is 1. The highest BCUT2D eigenvalue weighted by atomic mass is 16.5. The van der Waals surface area contributed by atoms with Crippen molar-refractivity contribution in [2.75, 3.05) is 13.1 Å². The molecule has 1 N–H and O–H groups in total.